The summed E-state index contributed by atoms with van der Waals surface area (Å²) in [4.78, 5) is 25.8. The molecule has 5 aromatic rings. The fourth-order valence-corrected chi connectivity index (χ4v) is 4.28. The Balaban J connectivity index is 1.34. The predicted molar refractivity (Wildman–Crippen MR) is 134 cm³/mol. The summed E-state index contributed by atoms with van der Waals surface area (Å²) in [5.74, 6) is -0.436. The standard InChI is InChI=1S/C27H19FN4O2S/c28-21-12-6-4-10-19(21)27-32-24(16-35-27)20-11-5-7-13-22(20)31-26(33)23-14-25(30-17-29-23)34-15-18-8-2-1-3-9-18/h1-14,16-17H,15H2,(H,31,33). The van der Waals surface area contributed by atoms with Crippen molar-refractivity contribution in [3.8, 4) is 27.7 Å². The van der Waals surface area contributed by atoms with E-state index in [2.05, 4.69) is 20.3 Å². The zero-order valence-corrected chi connectivity index (χ0v) is 19.2. The van der Waals surface area contributed by atoms with E-state index < -0.39 is 5.91 Å². The van der Waals surface area contributed by atoms with Gasteiger partial charge in [-0.15, -0.1) is 11.3 Å². The minimum Gasteiger partial charge on any atom is -0.473 e. The highest BCUT2D eigenvalue weighted by molar-refractivity contribution is 7.13. The molecular weight excluding hydrogens is 463 g/mol. The third-order valence-corrected chi connectivity index (χ3v) is 6.04. The highest BCUT2D eigenvalue weighted by atomic mass is 32.1. The molecule has 0 bridgehead atoms. The van der Waals surface area contributed by atoms with Gasteiger partial charge in [0.2, 0.25) is 5.88 Å². The van der Waals surface area contributed by atoms with Crippen LogP contribution in [0.5, 0.6) is 5.88 Å². The minimum atomic E-state index is -0.408. The molecule has 0 aliphatic carbocycles. The summed E-state index contributed by atoms with van der Waals surface area (Å²) in [5, 5.41) is 5.30. The van der Waals surface area contributed by atoms with Crippen molar-refractivity contribution in [1.82, 2.24) is 15.0 Å². The van der Waals surface area contributed by atoms with Crippen LogP contribution in [0.3, 0.4) is 0 Å². The maximum absolute atomic E-state index is 14.2. The fraction of sp³-hybridized carbons (Fsp3) is 0.0370. The smallest absolute Gasteiger partial charge is 0.274 e. The lowest BCUT2D eigenvalue weighted by molar-refractivity contribution is 0.102. The van der Waals surface area contributed by atoms with Crippen molar-refractivity contribution < 1.29 is 13.9 Å². The molecule has 5 rings (SSSR count). The van der Waals surface area contributed by atoms with E-state index >= 15 is 0 Å². The molecule has 1 N–H and O–H groups in total. The van der Waals surface area contributed by atoms with E-state index in [0.29, 0.717) is 40.0 Å². The normalized spacial score (nSPS) is 10.7. The predicted octanol–water partition coefficient (Wildman–Crippen LogP) is 6.24. The number of carbonyl (C=O) groups excluding carboxylic acids is 1. The van der Waals surface area contributed by atoms with Crippen molar-refractivity contribution in [2.24, 2.45) is 0 Å². The quantitative estimate of drug-likeness (QED) is 0.297. The van der Waals surface area contributed by atoms with Crippen LogP contribution in [-0.4, -0.2) is 20.9 Å². The highest BCUT2D eigenvalue weighted by Crippen LogP contribution is 2.33. The van der Waals surface area contributed by atoms with E-state index in [0.717, 1.165) is 5.56 Å². The van der Waals surface area contributed by atoms with Crippen LogP contribution < -0.4 is 10.1 Å². The molecule has 0 aliphatic rings. The zero-order valence-electron chi connectivity index (χ0n) is 18.4. The van der Waals surface area contributed by atoms with Gasteiger partial charge in [0.15, 0.2) is 0 Å². The first-order chi connectivity index (χ1) is 17.2. The largest absolute Gasteiger partial charge is 0.473 e. The number of anilines is 1. The Morgan fingerprint density at radius 1 is 0.914 bits per heavy atom. The van der Waals surface area contributed by atoms with Gasteiger partial charge < -0.3 is 10.1 Å². The SMILES string of the molecule is O=C(Nc1ccccc1-c1csc(-c2ccccc2F)n1)c1cc(OCc2ccccc2)ncn1. The lowest BCUT2D eigenvalue weighted by Gasteiger charge is -2.10. The molecule has 0 aliphatic heterocycles. The number of amides is 1. The summed E-state index contributed by atoms with van der Waals surface area (Å²) in [6, 6.07) is 25.0. The molecule has 0 radical (unpaired) electrons. The molecular formula is C27H19FN4O2S. The Hall–Kier alpha value is -4.43. The average molecular weight is 483 g/mol. The van der Waals surface area contributed by atoms with Crippen LogP contribution in [0, 0.1) is 5.82 Å². The van der Waals surface area contributed by atoms with Crippen LogP contribution in [0.1, 0.15) is 16.1 Å². The van der Waals surface area contributed by atoms with Crippen molar-refractivity contribution in [2.45, 2.75) is 6.61 Å². The van der Waals surface area contributed by atoms with Crippen molar-refractivity contribution in [3.05, 3.63) is 114 Å². The number of aromatic nitrogens is 3. The van der Waals surface area contributed by atoms with Gasteiger partial charge in [-0.05, 0) is 23.8 Å². The summed E-state index contributed by atoms with van der Waals surface area (Å²) in [5.41, 5.74) is 3.52. The Morgan fingerprint density at radius 2 is 1.66 bits per heavy atom. The second kappa shape index (κ2) is 10.2. The summed E-state index contributed by atoms with van der Waals surface area (Å²) in [6.45, 7) is 0.329. The lowest BCUT2D eigenvalue weighted by Crippen LogP contribution is -2.15. The Morgan fingerprint density at radius 3 is 2.49 bits per heavy atom. The van der Waals surface area contributed by atoms with Crippen LogP contribution in [0.2, 0.25) is 0 Å². The maximum Gasteiger partial charge on any atom is 0.274 e. The molecule has 1 amide bonds. The van der Waals surface area contributed by atoms with Crippen molar-refractivity contribution in [2.75, 3.05) is 5.32 Å². The molecule has 8 heteroatoms. The molecule has 2 aromatic heterocycles. The maximum atomic E-state index is 14.2. The molecule has 0 unspecified atom stereocenters. The van der Waals surface area contributed by atoms with Gasteiger partial charge in [-0.3, -0.25) is 4.79 Å². The zero-order chi connectivity index (χ0) is 24.0. The van der Waals surface area contributed by atoms with E-state index in [4.69, 9.17) is 4.74 Å². The molecule has 0 saturated carbocycles. The summed E-state index contributed by atoms with van der Waals surface area (Å²) in [7, 11) is 0. The van der Waals surface area contributed by atoms with Gasteiger partial charge >= 0.3 is 0 Å². The van der Waals surface area contributed by atoms with Crippen molar-refractivity contribution >= 4 is 22.9 Å². The number of ether oxygens (including phenoxy) is 1. The van der Waals surface area contributed by atoms with Gasteiger partial charge in [0.1, 0.15) is 29.5 Å². The molecule has 3 aromatic carbocycles. The van der Waals surface area contributed by atoms with Crippen molar-refractivity contribution in [1.29, 1.82) is 0 Å². The lowest BCUT2D eigenvalue weighted by atomic mass is 10.1. The van der Waals surface area contributed by atoms with Crippen LogP contribution >= 0.6 is 11.3 Å². The van der Waals surface area contributed by atoms with E-state index in [1.165, 1.54) is 29.8 Å². The van der Waals surface area contributed by atoms with E-state index in [1.807, 2.05) is 53.9 Å². The Kier molecular flexibility index (Phi) is 6.54. The van der Waals surface area contributed by atoms with Crippen LogP contribution in [0.4, 0.5) is 10.1 Å². The van der Waals surface area contributed by atoms with Gasteiger partial charge in [-0.2, -0.15) is 0 Å². The van der Waals surface area contributed by atoms with Crippen LogP contribution in [0.15, 0.2) is 96.6 Å². The molecule has 0 fully saturated rings. The van der Waals surface area contributed by atoms with Gasteiger partial charge in [0, 0.05) is 22.6 Å². The summed E-state index contributed by atoms with van der Waals surface area (Å²) >= 11 is 1.34. The highest BCUT2D eigenvalue weighted by Gasteiger charge is 2.16. The van der Waals surface area contributed by atoms with Gasteiger partial charge in [0.25, 0.3) is 5.91 Å². The first-order valence-corrected chi connectivity index (χ1v) is 11.7. The molecule has 0 saturated heterocycles. The second-order valence-electron chi connectivity index (χ2n) is 7.53. The number of hydrogen-bond donors (Lipinski definition) is 1. The molecule has 0 spiro atoms. The number of thiazole rings is 1. The van der Waals surface area contributed by atoms with Gasteiger partial charge in [0.05, 0.1) is 11.4 Å². The van der Waals surface area contributed by atoms with Crippen LogP contribution in [-0.2, 0) is 6.61 Å². The molecule has 172 valence electrons. The number of para-hydroxylation sites is 1. The fourth-order valence-electron chi connectivity index (χ4n) is 3.43. The first-order valence-electron chi connectivity index (χ1n) is 10.8. The number of nitrogens with zero attached hydrogens (tertiary/aromatic N) is 3. The summed E-state index contributed by atoms with van der Waals surface area (Å²) in [6.07, 6.45) is 1.29. The molecule has 0 atom stereocenters. The van der Waals surface area contributed by atoms with E-state index in [1.54, 1.807) is 24.3 Å². The number of hydrogen-bond acceptors (Lipinski definition) is 6. The third-order valence-electron chi connectivity index (χ3n) is 5.16. The molecule has 2 heterocycles. The van der Waals surface area contributed by atoms with Crippen LogP contribution in [0.25, 0.3) is 21.8 Å². The molecule has 6 nitrogen and oxygen atoms in total. The third kappa shape index (κ3) is 5.23. The van der Waals surface area contributed by atoms with E-state index in [9.17, 15) is 9.18 Å². The number of benzene rings is 3. The number of nitrogens with one attached hydrogen (secondary N) is 1. The average Bonchev–Trinajstić information content (AvgIpc) is 3.39. The Labute approximate surface area is 205 Å². The minimum absolute atomic E-state index is 0.170. The first kappa shape index (κ1) is 22.4. The van der Waals surface area contributed by atoms with Gasteiger partial charge in [-0.25, -0.2) is 19.3 Å². The van der Waals surface area contributed by atoms with Crippen molar-refractivity contribution in [3.63, 3.8) is 0 Å². The number of halogens is 1. The Bertz CT molecular complexity index is 1470. The van der Waals surface area contributed by atoms with E-state index in [-0.39, 0.29) is 11.5 Å². The monoisotopic (exact) mass is 482 g/mol. The number of rotatable bonds is 7. The second-order valence-corrected chi connectivity index (χ2v) is 8.39. The van der Waals surface area contributed by atoms with Gasteiger partial charge in [-0.1, -0.05) is 60.7 Å². The molecule has 35 heavy (non-hydrogen) atoms. The number of carbonyl (C=O) groups is 1. The summed E-state index contributed by atoms with van der Waals surface area (Å²) < 4.78 is 19.9. The topological polar surface area (TPSA) is 77.0 Å².